The summed E-state index contributed by atoms with van der Waals surface area (Å²) in [5.74, 6) is 0. The second kappa shape index (κ2) is 7.06. The Kier molecular flexibility index (Phi) is 6.49. The van der Waals surface area contributed by atoms with Crippen molar-refractivity contribution in [2.24, 2.45) is 0 Å². The minimum Gasteiger partial charge on any atom is -0.392 e. The predicted octanol–water partition coefficient (Wildman–Crippen LogP) is 3.74. The first-order valence-corrected chi connectivity index (χ1v) is 4.98. The van der Waals surface area contributed by atoms with E-state index in [1.807, 2.05) is 13.8 Å². The molecule has 1 rings (SSSR count). The molecule has 0 saturated carbocycles. The average molecular weight is 232 g/mol. The van der Waals surface area contributed by atoms with Crippen molar-refractivity contribution in [3.63, 3.8) is 0 Å². The predicted molar refractivity (Wildman–Crippen MR) is 58.9 cm³/mol. The Balaban J connectivity index is 0.00000106. The van der Waals surface area contributed by atoms with Crippen molar-refractivity contribution in [3.8, 4) is 0 Å². The van der Waals surface area contributed by atoms with Gasteiger partial charge >= 0.3 is 6.18 Å². The molecule has 0 aromatic heterocycles. The topological polar surface area (TPSA) is 20.2 Å². The van der Waals surface area contributed by atoms with Gasteiger partial charge in [-0.15, -0.1) is 0 Å². The number of halogens is 3. The second-order valence-electron chi connectivity index (χ2n) is 2.71. The molecular formula is C12H15F3O. The Morgan fingerprint density at radius 1 is 1.25 bits per heavy atom. The fraction of sp³-hybridized carbons (Fsp3) is 0.333. The lowest BCUT2D eigenvalue weighted by atomic mass is 10.1. The van der Waals surface area contributed by atoms with Gasteiger partial charge in [0.05, 0.1) is 12.2 Å². The monoisotopic (exact) mass is 232 g/mol. The molecule has 0 fully saturated rings. The first-order valence-electron chi connectivity index (χ1n) is 4.98. The van der Waals surface area contributed by atoms with Gasteiger partial charge in [-0.25, -0.2) is 0 Å². The molecule has 1 nitrogen and oxygen atoms in total. The van der Waals surface area contributed by atoms with Gasteiger partial charge in [0.15, 0.2) is 0 Å². The van der Waals surface area contributed by atoms with Crippen molar-refractivity contribution in [1.82, 2.24) is 0 Å². The Hall–Kier alpha value is -1.29. The summed E-state index contributed by atoms with van der Waals surface area (Å²) >= 11 is 0. The van der Waals surface area contributed by atoms with Crippen LogP contribution in [0.3, 0.4) is 0 Å². The Morgan fingerprint density at radius 3 is 2.38 bits per heavy atom. The molecule has 16 heavy (non-hydrogen) atoms. The second-order valence-corrected chi connectivity index (χ2v) is 2.71. The van der Waals surface area contributed by atoms with Gasteiger partial charge in [0.25, 0.3) is 0 Å². The lowest BCUT2D eigenvalue weighted by molar-refractivity contribution is -0.137. The number of benzene rings is 1. The van der Waals surface area contributed by atoms with Crippen molar-refractivity contribution < 1.29 is 18.3 Å². The molecule has 0 unspecified atom stereocenters. The lowest BCUT2D eigenvalue weighted by Crippen LogP contribution is -2.04. The van der Waals surface area contributed by atoms with Crippen LogP contribution in [-0.4, -0.2) is 11.7 Å². The zero-order valence-corrected chi connectivity index (χ0v) is 9.25. The zero-order valence-electron chi connectivity index (χ0n) is 9.25. The molecular weight excluding hydrogens is 217 g/mol. The van der Waals surface area contributed by atoms with E-state index in [4.69, 9.17) is 5.11 Å². The molecule has 90 valence electrons. The standard InChI is InChI=1S/C10H9F3O.C2H6/c11-10(12,13)9-5-1-3-8(7-9)4-2-6-14;1-2/h1-5,7,14H,6H2;1-2H3/b4-2+;. The summed E-state index contributed by atoms with van der Waals surface area (Å²) in [6.45, 7) is 3.82. The van der Waals surface area contributed by atoms with Crippen LogP contribution in [-0.2, 0) is 6.18 Å². The maximum Gasteiger partial charge on any atom is 0.416 e. The maximum absolute atomic E-state index is 12.2. The molecule has 1 N–H and O–H groups in total. The molecule has 0 aliphatic heterocycles. The Morgan fingerprint density at radius 2 is 1.88 bits per heavy atom. The third kappa shape index (κ3) is 4.98. The van der Waals surface area contributed by atoms with E-state index in [-0.39, 0.29) is 6.61 Å². The van der Waals surface area contributed by atoms with Gasteiger partial charge in [-0.05, 0) is 17.7 Å². The molecule has 1 aromatic rings. The van der Waals surface area contributed by atoms with Gasteiger partial charge in [0.2, 0.25) is 0 Å². The van der Waals surface area contributed by atoms with E-state index < -0.39 is 11.7 Å². The van der Waals surface area contributed by atoms with Gasteiger partial charge in [-0.3, -0.25) is 0 Å². The number of aliphatic hydroxyl groups excluding tert-OH is 1. The number of hydrogen-bond acceptors (Lipinski definition) is 1. The van der Waals surface area contributed by atoms with E-state index in [9.17, 15) is 13.2 Å². The molecule has 0 heterocycles. The highest BCUT2D eigenvalue weighted by molar-refractivity contribution is 5.50. The molecule has 0 aliphatic carbocycles. The zero-order chi connectivity index (χ0) is 12.6. The first kappa shape index (κ1) is 14.7. The number of aliphatic hydroxyl groups is 1. The van der Waals surface area contributed by atoms with E-state index in [1.54, 1.807) is 6.07 Å². The Labute approximate surface area is 93.2 Å². The van der Waals surface area contributed by atoms with E-state index >= 15 is 0 Å². The average Bonchev–Trinajstić information content (AvgIpc) is 2.28. The third-order valence-corrected chi connectivity index (χ3v) is 1.63. The summed E-state index contributed by atoms with van der Waals surface area (Å²) in [5.41, 5.74) is -0.258. The van der Waals surface area contributed by atoms with Crippen LogP contribution < -0.4 is 0 Å². The van der Waals surface area contributed by atoms with Crippen LogP contribution in [0.1, 0.15) is 25.0 Å². The molecule has 0 amide bonds. The SMILES string of the molecule is CC.OC/C=C/c1cccc(C(F)(F)F)c1. The van der Waals surface area contributed by atoms with Crippen molar-refractivity contribution in [2.75, 3.05) is 6.61 Å². The quantitative estimate of drug-likeness (QED) is 0.823. The first-order chi connectivity index (χ1) is 7.54. The van der Waals surface area contributed by atoms with E-state index in [2.05, 4.69) is 0 Å². The number of rotatable bonds is 2. The Bertz CT molecular complexity index is 329. The van der Waals surface area contributed by atoms with Crippen LogP contribution >= 0.6 is 0 Å². The summed E-state index contributed by atoms with van der Waals surface area (Å²) in [6, 6.07) is 4.92. The van der Waals surface area contributed by atoms with E-state index in [0.29, 0.717) is 5.56 Å². The van der Waals surface area contributed by atoms with Crippen LogP contribution in [0.15, 0.2) is 30.3 Å². The molecule has 0 bridgehead atoms. The fourth-order valence-electron chi connectivity index (χ4n) is 1.01. The molecule has 0 saturated heterocycles. The largest absolute Gasteiger partial charge is 0.416 e. The van der Waals surface area contributed by atoms with Crippen molar-refractivity contribution in [1.29, 1.82) is 0 Å². The lowest BCUT2D eigenvalue weighted by Gasteiger charge is -2.06. The van der Waals surface area contributed by atoms with Crippen LogP contribution in [0, 0.1) is 0 Å². The van der Waals surface area contributed by atoms with Gasteiger partial charge < -0.3 is 5.11 Å². The van der Waals surface area contributed by atoms with Gasteiger partial charge in [0.1, 0.15) is 0 Å². The van der Waals surface area contributed by atoms with Gasteiger partial charge in [0, 0.05) is 0 Å². The van der Waals surface area contributed by atoms with Crippen LogP contribution in [0.4, 0.5) is 13.2 Å². The highest BCUT2D eigenvalue weighted by Crippen LogP contribution is 2.29. The van der Waals surface area contributed by atoms with Crippen molar-refractivity contribution in [3.05, 3.63) is 41.5 Å². The molecule has 0 aliphatic rings. The van der Waals surface area contributed by atoms with Gasteiger partial charge in [-0.2, -0.15) is 13.2 Å². The van der Waals surface area contributed by atoms with E-state index in [0.717, 1.165) is 12.1 Å². The van der Waals surface area contributed by atoms with Crippen LogP contribution in [0.25, 0.3) is 6.08 Å². The maximum atomic E-state index is 12.2. The molecule has 1 aromatic carbocycles. The smallest absolute Gasteiger partial charge is 0.392 e. The molecule has 0 radical (unpaired) electrons. The van der Waals surface area contributed by atoms with Crippen molar-refractivity contribution >= 4 is 6.08 Å². The summed E-state index contributed by atoms with van der Waals surface area (Å²) in [4.78, 5) is 0. The minimum absolute atomic E-state index is 0.184. The summed E-state index contributed by atoms with van der Waals surface area (Å²) in [6.07, 6.45) is -1.49. The van der Waals surface area contributed by atoms with Crippen molar-refractivity contribution in [2.45, 2.75) is 20.0 Å². The molecule has 4 heteroatoms. The highest BCUT2D eigenvalue weighted by atomic mass is 19.4. The number of alkyl halides is 3. The summed E-state index contributed by atoms with van der Waals surface area (Å²) in [5, 5.41) is 8.45. The normalized spacial score (nSPS) is 11.1. The fourth-order valence-corrected chi connectivity index (χ4v) is 1.01. The van der Waals surface area contributed by atoms with Gasteiger partial charge in [-0.1, -0.05) is 38.1 Å². The minimum atomic E-state index is -4.32. The van der Waals surface area contributed by atoms with Crippen LogP contribution in [0.5, 0.6) is 0 Å². The summed E-state index contributed by atoms with van der Waals surface area (Å²) < 4.78 is 36.6. The van der Waals surface area contributed by atoms with Crippen LogP contribution in [0.2, 0.25) is 0 Å². The number of hydrogen-bond donors (Lipinski definition) is 1. The third-order valence-electron chi connectivity index (χ3n) is 1.63. The molecule has 0 atom stereocenters. The van der Waals surface area contributed by atoms with E-state index in [1.165, 1.54) is 18.2 Å². The summed E-state index contributed by atoms with van der Waals surface area (Å²) in [7, 11) is 0. The highest BCUT2D eigenvalue weighted by Gasteiger charge is 2.30. The molecule has 0 spiro atoms.